The highest BCUT2D eigenvalue weighted by molar-refractivity contribution is 5.58. The van der Waals surface area contributed by atoms with Crippen molar-refractivity contribution in [2.45, 2.75) is 12.5 Å². The first-order valence-electron chi connectivity index (χ1n) is 8.41. The Morgan fingerprint density at radius 1 is 0.960 bits per heavy atom. The Balaban J connectivity index is 1.67. The summed E-state index contributed by atoms with van der Waals surface area (Å²) in [4.78, 5) is 2.37. The maximum atomic E-state index is 5.53. The summed E-state index contributed by atoms with van der Waals surface area (Å²) < 4.78 is 22.0. The van der Waals surface area contributed by atoms with Crippen molar-refractivity contribution in [3.05, 3.63) is 45.8 Å². The van der Waals surface area contributed by atoms with E-state index in [1.54, 1.807) is 14.2 Å². The molecule has 0 saturated heterocycles. The molecule has 3 aliphatic rings. The Morgan fingerprint density at radius 2 is 1.68 bits per heavy atom. The fraction of sp³-hybridized carbons (Fsp3) is 0.300. The Morgan fingerprint density at radius 3 is 2.44 bits per heavy atom. The van der Waals surface area contributed by atoms with E-state index in [4.69, 9.17) is 18.9 Å². The van der Waals surface area contributed by atoms with Crippen molar-refractivity contribution in [2.24, 2.45) is 0 Å². The lowest BCUT2D eigenvalue weighted by Crippen LogP contribution is -2.40. The summed E-state index contributed by atoms with van der Waals surface area (Å²) in [5.41, 5.74) is 2.58. The van der Waals surface area contributed by atoms with Crippen LogP contribution in [-0.4, -0.2) is 32.5 Å². The third kappa shape index (κ3) is 2.15. The zero-order valence-electron chi connectivity index (χ0n) is 14.2. The number of hydrogen-bond donors (Lipinski definition) is 0. The van der Waals surface area contributed by atoms with E-state index < -0.39 is 0 Å². The first-order chi connectivity index (χ1) is 12.3. The van der Waals surface area contributed by atoms with Crippen molar-refractivity contribution in [2.75, 3.05) is 27.6 Å². The third-order valence-corrected chi connectivity index (χ3v) is 5.18. The predicted molar refractivity (Wildman–Crippen MR) is 93.4 cm³/mol. The SMILES string of the molecule is COc1cc2c(cc1OC)C1C=c3cc4c(cc3=CN1CC2)OCO4. The van der Waals surface area contributed by atoms with Gasteiger partial charge in [0.2, 0.25) is 6.79 Å². The summed E-state index contributed by atoms with van der Waals surface area (Å²) in [5, 5.41) is 2.34. The highest BCUT2D eigenvalue weighted by Crippen LogP contribution is 2.39. The van der Waals surface area contributed by atoms with Gasteiger partial charge in [-0.1, -0.05) is 0 Å². The molecule has 25 heavy (non-hydrogen) atoms. The van der Waals surface area contributed by atoms with Crippen LogP contribution in [-0.2, 0) is 6.42 Å². The van der Waals surface area contributed by atoms with Crippen molar-refractivity contribution in [1.82, 2.24) is 4.90 Å². The molecule has 5 rings (SSSR count). The summed E-state index contributed by atoms with van der Waals surface area (Å²) in [5.74, 6) is 3.21. The van der Waals surface area contributed by atoms with Crippen LogP contribution in [0.15, 0.2) is 24.3 Å². The minimum atomic E-state index is 0.191. The average Bonchev–Trinajstić information content (AvgIpc) is 3.10. The largest absolute Gasteiger partial charge is 0.493 e. The van der Waals surface area contributed by atoms with Crippen LogP contribution in [0.2, 0.25) is 0 Å². The summed E-state index contributed by atoms with van der Waals surface area (Å²) in [6.45, 7) is 1.27. The van der Waals surface area contributed by atoms with E-state index in [2.05, 4.69) is 41.4 Å². The van der Waals surface area contributed by atoms with Crippen LogP contribution in [0, 0.1) is 0 Å². The molecule has 5 nitrogen and oxygen atoms in total. The molecule has 0 spiro atoms. The van der Waals surface area contributed by atoms with E-state index in [-0.39, 0.29) is 6.04 Å². The number of hydrogen-bond acceptors (Lipinski definition) is 5. The monoisotopic (exact) mass is 337 g/mol. The van der Waals surface area contributed by atoms with Crippen LogP contribution in [0.25, 0.3) is 12.3 Å². The van der Waals surface area contributed by atoms with Gasteiger partial charge in [0.15, 0.2) is 23.0 Å². The normalized spacial score (nSPS) is 19.1. The standard InChI is InChI=1S/C20H19NO4/c1-22-17-6-12-3-4-21-10-14-8-20-19(24-11-25-20)7-13(14)5-16(21)15(12)9-18(17)23-2/h5-10,16H,3-4,11H2,1-2H3. The molecule has 0 N–H and O–H groups in total. The van der Waals surface area contributed by atoms with Gasteiger partial charge in [0.1, 0.15) is 0 Å². The fourth-order valence-corrected chi connectivity index (χ4v) is 3.90. The van der Waals surface area contributed by atoms with E-state index in [1.165, 1.54) is 21.6 Å². The zero-order chi connectivity index (χ0) is 17.0. The minimum absolute atomic E-state index is 0.191. The minimum Gasteiger partial charge on any atom is -0.493 e. The molecule has 3 heterocycles. The van der Waals surface area contributed by atoms with Crippen LogP contribution in [0.3, 0.4) is 0 Å². The number of nitrogens with zero attached hydrogens (tertiary/aromatic N) is 1. The van der Waals surface area contributed by atoms with Crippen molar-refractivity contribution >= 4 is 12.3 Å². The molecule has 1 unspecified atom stereocenters. The molecule has 0 aliphatic carbocycles. The molecule has 0 amide bonds. The van der Waals surface area contributed by atoms with Gasteiger partial charge in [-0.05, 0) is 53.1 Å². The number of ether oxygens (including phenoxy) is 4. The van der Waals surface area contributed by atoms with E-state index in [9.17, 15) is 0 Å². The molecule has 0 aromatic heterocycles. The van der Waals surface area contributed by atoms with Gasteiger partial charge in [0.25, 0.3) is 0 Å². The van der Waals surface area contributed by atoms with Gasteiger partial charge in [-0.3, -0.25) is 0 Å². The number of methoxy groups -OCH3 is 2. The van der Waals surface area contributed by atoms with Gasteiger partial charge >= 0.3 is 0 Å². The lowest BCUT2D eigenvalue weighted by Gasteiger charge is -2.37. The molecular weight excluding hydrogens is 318 g/mol. The second-order valence-electron chi connectivity index (χ2n) is 6.47. The molecule has 0 radical (unpaired) electrons. The highest BCUT2D eigenvalue weighted by Gasteiger charge is 2.28. The van der Waals surface area contributed by atoms with Gasteiger partial charge in [0, 0.05) is 18.0 Å². The molecule has 2 aromatic carbocycles. The number of fused-ring (bicyclic) bond motifs is 5. The first-order valence-corrected chi connectivity index (χ1v) is 8.41. The molecule has 0 saturated carbocycles. The molecule has 0 fully saturated rings. The first kappa shape index (κ1) is 14.5. The molecule has 128 valence electrons. The molecular formula is C20H19NO4. The molecule has 0 bridgehead atoms. The maximum Gasteiger partial charge on any atom is 0.231 e. The van der Waals surface area contributed by atoms with Crippen LogP contribution in [0.5, 0.6) is 23.0 Å². The Bertz CT molecular complexity index is 982. The Hall–Kier alpha value is -2.82. The summed E-state index contributed by atoms with van der Waals surface area (Å²) >= 11 is 0. The second kappa shape index (κ2) is 5.34. The van der Waals surface area contributed by atoms with Gasteiger partial charge in [-0.2, -0.15) is 0 Å². The van der Waals surface area contributed by atoms with Crippen LogP contribution < -0.4 is 29.4 Å². The van der Waals surface area contributed by atoms with E-state index in [0.717, 1.165) is 36.0 Å². The fourth-order valence-electron chi connectivity index (χ4n) is 3.90. The van der Waals surface area contributed by atoms with Crippen molar-refractivity contribution < 1.29 is 18.9 Å². The lowest BCUT2D eigenvalue weighted by atomic mass is 9.90. The van der Waals surface area contributed by atoms with Gasteiger partial charge in [0.05, 0.1) is 20.3 Å². The third-order valence-electron chi connectivity index (χ3n) is 5.18. The number of rotatable bonds is 2. The van der Waals surface area contributed by atoms with Gasteiger partial charge < -0.3 is 23.8 Å². The number of benzene rings is 2. The molecule has 5 heteroatoms. The second-order valence-corrected chi connectivity index (χ2v) is 6.47. The van der Waals surface area contributed by atoms with Crippen molar-refractivity contribution in [3.63, 3.8) is 0 Å². The van der Waals surface area contributed by atoms with Crippen molar-refractivity contribution in [3.8, 4) is 23.0 Å². The summed E-state index contributed by atoms with van der Waals surface area (Å²) in [6, 6.07) is 8.54. The lowest BCUT2D eigenvalue weighted by molar-refractivity contribution is 0.174. The Labute approximate surface area is 145 Å². The molecule has 1 atom stereocenters. The topological polar surface area (TPSA) is 40.2 Å². The van der Waals surface area contributed by atoms with Crippen molar-refractivity contribution in [1.29, 1.82) is 0 Å². The van der Waals surface area contributed by atoms with Crippen LogP contribution in [0.4, 0.5) is 0 Å². The van der Waals surface area contributed by atoms with E-state index in [0.29, 0.717) is 6.79 Å². The van der Waals surface area contributed by atoms with Crippen LogP contribution >= 0.6 is 0 Å². The maximum absolute atomic E-state index is 5.53. The summed E-state index contributed by atoms with van der Waals surface area (Å²) in [7, 11) is 3.36. The molecule has 3 aliphatic heterocycles. The highest BCUT2D eigenvalue weighted by atomic mass is 16.7. The smallest absolute Gasteiger partial charge is 0.231 e. The quantitative estimate of drug-likeness (QED) is 0.832. The predicted octanol–water partition coefficient (Wildman–Crippen LogP) is 1.56. The summed E-state index contributed by atoms with van der Waals surface area (Å²) in [6.07, 6.45) is 5.50. The van der Waals surface area contributed by atoms with E-state index >= 15 is 0 Å². The Kier molecular flexibility index (Phi) is 3.10. The van der Waals surface area contributed by atoms with Gasteiger partial charge in [-0.25, -0.2) is 0 Å². The average molecular weight is 337 g/mol. The van der Waals surface area contributed by atoms with E-state index in [1.807, 2.05) is 0 Å². The zero-order valence-corrected chi connectivity index (χ0v) is 14.2. The molecule has 2 aromatic rings. The van der Waals surface area contributed by atoms with Crippen LogP contribution in [0.1, 0.15) is 17.2 Å². The van der Waals surface area contributed by atoms with Gasteiger partial charge in [-0.15, -0.1) is 0 Å².